The number of halogens is 3. The molecule has 0 spiro atoms. The Hall–Kier alpha value is -1.21. The summed E-state index contributed by atoms with van der Waals surface area (Å²) in [6.07, 6.45) is 1.63. The van der Waals surface area contributed by atoms with Crippen LogP contribution in [0.3, 0.4) is 0 Å². The molecular formula is C21H15I3N2O2. The summed E-state index contributed by atoms with van der Waals surface area (Å²) in [5.41, 5.74) is 5.15. The second-order valence-electron chi connectivity index (χ2n) is 5.79. The van der Waals surface area contributed by atoms with Crippen LogP contribution in [0.4, 0.5) is 0 Å². The number of benzene rings is 3. The molecule has 1 N–H and O–H groups in total. The Morgan fingerprint density at radius 2 is 1.61 bits per heavy atom. The van der Waals surface area contributed by atoms with Gasteiger partial charge in [-0.2, -0.15) is 5.10 Å². The van der Waals surface area contributed by atoms with E-state index in [1.54, 1.807) is 18.3 Å². The molecule has 0 heterocycles. The van der Waals surface area contributed by atoms with E-state index in [-0.39, 0.29) is 5.91 Å². The molecule has 0 aromatic heterocycles. The smallest absolute Gasteiger partial charge is 0.271 e. The van der Waals surface area contributed by atoms with Crippen molar-refractivity contribution < 1.29 is 9.53 Å². The fourth-order valence-electron chi connectivity index (χ4n) is 2.35. The van der Waals surface area contributed by atoms with E-state index in [0.29, 0.717) is 12.2 Å². The van der Waals surface area contributed by atoms with Gasteiger partial charge in [0.25, 0.3) is 5.91 Å². The van der Waals surface area contributed by atoms with Crippen LogP contribution in [0.1, 0.15) is 21.5 Å². The molecule has 7 heteroatoms. The molecule has 0 unspecified atom stereocenters. The molecule has 0 aliphatic carbocycles. The van der Waals surface area contributed by atoms with Crippen LogP contribution >= 0.6 is 67.8 Å². The highest BCUT2D eigenvalue weighted by Gasteiger charge is 2.09. The Bertz CT molecular complexity index is 967. The lowest BCUT2D eigenvalue weighted by atomic mass is 10.2. The Labute approximate surface area is 204 Å². The lowest BCUT2D eigenvalue weighted by Gasteiger charge is -2.11. The Balaban J connectivity index is 1.64. The van der Waals surface area contributed by atoms with Crippen LogP contribution in [0, 0.1) is 10.7 Å². The highest BCUT2D eigenvalue weighted by molar-refractivity contribution is 14.1. The molecule has 0 bridgehead atoms. The summed E-state index contributed by atoms with van der Waals surface area (Å²) in [7, 11) is 0. The second-order valence-corrected chi connectivity index (χ2v) is 9.36. The number of hydrazone groups is 1. The minimum absolute atomic E-state index is 0.236. The number of nitrogens with zero attached hydrogens (tertiary/aromatic N) is 1. The first-order chi connectivity index (χ1) is 13.5. The van der Waals surface area contributed by atoms with Gasteiger partial charge in [-0.15, -0.1) is 0 Å². The highest BCUT2D eigenvalue weighted by Crippen LogP contribution is 2.29. The van der Waals surface area contributed by atoms with E-state index in [1.165, 1.54) is 0 Å². The van der Waals surface area contributed by atoms with Crippen molar-refractivity contribution in [1.29, 1.82) is 0 Å². The fraction of sp³-hybridized carbons (Fsp3) is 0.0476. The molecule has 0 aliphatic heterocycles. The maximum Gasteiger partial charge on any atom is 0.271 e. The number of ether oxygens (including phenoxy) is 1. The summed E-state index contributed by atoms with van der Waals surface area (Å²) in [4.78, 5) is 12.1. The zero-order valence-corrected chi connectivity index (χ0v) is 21.0. The average molecular weight is 708 g/mol. The number of hydrogen-bond donors (Lipinski definition) is 1. The molecule has 0 aliphatic rings. The summed E-state index contributed by atoms with van der Waals surface area (Å²) in [5, 5.41) is 4.07. The lowest BCUT2D eigenvalue weighted by Crippen LogP contribution is -2.17. The van der Waals surface area contributed by atoms with Gasteiger partial charge < -0.3 is 4.74 Å². The minimum Gasteiger partial charge on any atom is -0.487 e. The lowest BCUT2D eigenvalue weighted by molar-refractivity contribution is 0.0955. The topological polar surface area (TPSA) is 50.7 Å². The van der Waals surface area contributed by atoms with Crippen LogP contribution in [-0.2, 0) is 6.61 Å². The molecule has 1 amide bonds. The average Bonchev–Trinajstić information content (AvgIpc) is 2.68. The number of carbonyl (C=O) groups is 1. The summed E-state index contributed by atoms with van der Waals surface area (Å²) >= 11 is 6.71. The van der Waals surface area contributed by atoms with Crippen LogP contribution < -0.4 is 10.2 Å². The molecule has 3 aromatic carbocycles. The summed E-state index contributed by atoms with van der Waals surface area (Å²) in [6.45, 7) is 0.520. The monoisotopic (exact) mass is 708 g/mol. The van der Waals surface area contributed by atoms with Gasteiger partial charge in [-0.3, -0.25) is 4.79 Å². The van der Waals surface area contributed by atoms with Crippen molar-refractivity contribution in [2.24, 2.45) is 5.10 Å². The molecule has 3 aromatic rings. The predicted octanol–water partition coefficient (Wildman–Crippen LogP) is 5.84. The van der Waals surface area contributed by atoms with Crippen molar-refractivity contribution in [2.45, 2.75) is 6.61 Å². The Morgan fingerprint density at radius 3 is 2.25 bits per heavy atom. The number of carbonyl (C=O) groups excluding carboxylic acids is 1. The van der Waals surface area contributed by atoms with Gasteiger partial charge in [0.05, 0.1) is 13.4 Å². The van der Waals surface area contributed by atoms with Crippen LogP contribution in [0.15, 0.2) is 71.8 Å². The molecule has 0 saturated heterocycles. The summed E-state index contributed by atoms with van der Waals surface area (Å²) in [5.74, 6) is 0.616. The number of hydrogen-bond acceptors (Lipinski definition) is 3. The van der Waals surface area contributed by atoms with E-state index in [2.05, 4.69) is 78.3 Å². The van der Waals surface area contributed by atoms with Crippen molar-refractivity contribution in [3.63, 3.8) is 0 Å². The zero-order valence-electron chi connectivity index (χ0n) is 14.5. The van der Waals surface area contributed by atoms with Crippen LogP contribution in [0.25, 0.3) is 0 Å². The number of nitrogens with one attached hydrogen (secondary N) is 1. The van der Waals surface area contributed by atoms with Gasteiger partial charge in [-0.05, 0) is 115 Å². The van der Waals surface area contributed by atoms with Gasteiger partial charge in [0.2, 0.25) is 0 Å². The minimum atomic E-state index is -0.236. The third kappa shape index (κ3) is 6.14. The third-order valence-electron chi connectivity index (χ3n) is 3.73. The van der Waals surface area contributed by atoms with Crippen molar-refractivity contribution in [1.82, 2.24) is 5.43 Å². The molecule has 28 heavy (non-hydrogen) atoms. The first-order valence-corrected chi connectivity index (χ1v) is 11.5. The quantitative estimate of drug-likeness (QED) is 0.199. The van der Waals surface area contributed by atoms with Gasteiger partial charge in [-0.25, -0.2) is 5.43 Å². The predicted molar refractivity (Wildman–Crippen MR) is 137 cm³/mol. The van der Waals surface area contributed by atoms with E-state index in [9.17, 15) is 4.79 Å². The molecule has 0 atom stereocenters. The highest BCUT2D eigenvalue weighted by atomic mass is 127. The van der Waals surface area contributed by atoms with Crippen molar-refractivity contribution >= 4 is 79.9 Å². The summed E-state index contributed by atoms with van der Waals surface area (Å²) in [6, 6.07) is 21.3. The second kappa shape index (κ2) is 10.5. The molecular weight excluding hydrogens is 693 g/mol. The SMILES string of the molecule is O=C(N/N=C\c1cc(I)c(OCc2ccccc2)c(I)c1)c1ccc(I)cc1. The van der Waals surface area contributed by atoms with Gasteiger partial charge in [0, 0.05) is 9.13 Å². The largest absolute Gasteiger partial charge is 0.487 e. The van der Waals surface area contributed by atoms with Crippen LogP contribution in [0.2, 0.25) is 0 Å². The molecule has 0 saturated carbocycles. The Kier molecular flexibility index (Phi) is 8.09. The molecule has 4 nitrogen and oxygen atoms in total. The fourth-order valence-corrected chi connectivity index (χ4v) is 4.84. The van der Waals surface area contributed by atoms with E-state index in [0.717, 1.165) is 27.6 Å². The zero-order chi connectivity index (χ0) is 19.9. The molecule has 0 radical (unpaired) electrons. The third-order valence-corrected chi connectivity index (χ3v) is 6.05. The Morgan fingerprint density at radius 1 is 0.964 bits per heavy atom. The first-order valence-electron chi connectivity index (χ1n) is 8.27. The molecule has 3 rings (SSSR count). The van der Waals surface area contributed by atoms with Crippen LogP contribution in [-0.4, -0.2) is 12.1 Å². The van der Waals surface area contributed by atoms with Gasteiger partial charge in [0.15, 0.2) is 0 Å². The van der Waals surface area contributed by atoms with E-state index < -0.39 is 0 Å². The molecule has 142 valence electrons. The molecule has 0 fully saturated rings. The normalized spacial score (nSPS) is 10.8. The van der Waals surface area contributed by atoms with E-state index >= 15 is 0 Å². The maximum atomic E-state index is 12.1. The van der Waals surface area contributed by atoms with E-state index in [4.69, 9.17) is 4.74 Å². The van der Waals surface area contributed by atoms with Gasteiger partial charge in [0.1, 0.15) is 12.4 Å². The van der Waals surface area contributed by atoms with Crippen molar-refractivity contribution in [2.75, 3.05) is 0 Å². The van der Waals surface area contributed by atoms with Crippen molar-refractivity contribution in [3.8, 4) is 5.75 Å². The summed E-state index contributed by atoms with van der Waals surface area (Å²) < 4.78 is 9.05. The van der Waals surface area contributed by atoms with Crippen molar-refractivity contribution in [3.05, 3.63) is 94.1 Å². The number of amides is 1. The first kappa shape index (κ1) is 21.5. The van der Waals surface area contributed by atoms with E-state index in [1.807, 2.05) is 54.6 Å². The van der Waals surface area contributed by atoms with Gasteiger partial charge >= 0.3 is 0 Å². The maximum absolute atomic E-state index is 12.1. The van der Waals surface area contributed by atoms with Gasteiger partial charge in [-0.1, -0.05) is 30.3 Å². The number of rotatable bonds is 6. The van der Waals surface area contributed by atoms with Crippen LogP contribution in [0.5, 0.6) is 5.75 Å². The standard InChI is InChI=1S/C21H15I3N2O2/c22-17-8-6-16(7-9-17)21(27)26-25-12-15-10-18(23)20(19(24)11-15)28-13-14-4-2-1-3-5-14/h1-12H,13H2,(H,26,27)/b25-12-.